The number of ether oxygens (including phenoxy) is 1. The van der Waals surface area contributed by atoms with Crippen LogP contribution in [0.2, 0.25) is 0 Å². The first kappa shape index (κ1) is 26.5. The van der Waals surface area contributed by atoms with E-state index in [2.05, 4.69) is 14.4 Å². The maximum Gasteiger partial charge on any atom is 0.267 e. The number of hydrogen-bond donors (Lipinski definition) is 1. The topological polar surface area (TPSA) is 108 Å². The lowest BCUT2D eigenvalue weighted by Gasteiger charge is -2.37. The van der Waals surface area contributed by atoms with Gasteiger partial charge in [-0.1, -0.05) is 73.7 Å². The van der Waals surface area contributed by atoms with Crippen molar-refractivity contribution in [3.63, 3.8) is 0 Å². The highest BCUT2D eigenvalue weighted by Crippen LogP contribution is 2.42. The molecule has 0 saturated heterocycles. The van der Waals surface area contributed by atoms with Gasteiger partial charge in [0.15, 0.2) is 0 Å². The predicted octanol–water partition coefficient (Wildman–Crippen LogP) is 6.30. The van der Waals surface area contributed by atoms with Crippen LogP contribution in [0.5, 0.6) is 0 Å². The fourth-order valence-electron chi connectivity index (χ4n) is 5.02. The quantitative estimate of drug-likeness (QED) is 0.305. The summed E-state index contributed by atoms with van der Waals surface area (Å²) in [5, 5.41) is -0.987. The number of rotatable bonds is 6. The summed E-state index contributed by atoms with van der Waals surface area (Å²) in [4.78, 5) is 8.07. The number of nitrogens with two attached hydrogens (primary N) is 1. The molecule has 0 bridgehead atoms. The van der Waals surface area contributed by atoms with E-state index in [0.29, 0.717) is 11.1 Å². The molecule has 1 aliphatic rings. The Morgan fingerprint density at radius 2 is 1.44 bits per heavy atom. The maximum atomic E-state index is 14.2. The van der Waals surface area contributed by atoms with E-state index in [0.717, 1.165) is 22.3 Å². The first-order valence-corrected chi connectivity index (χ1v) is 14.1. The van der Waals surface area contributed by atoms with Gasteiger partial charge in [-0.2, -0.15) is 0 Å². The number of nitrogen functional groups attached to an aromatic ring is 1. The average Bonchev–Trinajstić information content (AvgIpc) is 2.88. The van der Waals surface area contributed by atoms with E-state index >= 15 is 0 Å². The minimum atomic E-state index is -3.94. The molecule has 0 spiro atoms. The summed E-state index contributed by atoms with van der Waals surface area (Å²) >= 11 is 0. The van der Waals surface area contributed by atoms with Crippen molar-refractivity contribution in [1.82, 2.24) is 9.97 Å². The molecule has 0 amide bonds. The Kier molecular flexibility index (Phi) is 6.94. The fourth-order valence-corrected chi connectivity index (χ4v) is 6.79. The second-order valence-corrected chi connectivity index (χ2v) is 11.9. The minimum Gasteiger partial charge on any atom is -0.472 e. The van der Waals surface area contributed by atoms with Crippen molar-refractivity contribution >= 4 is 21.9 Å². The molecule has 2 atom stereocenters. The number of nitrogens with zero attached hydrogens (tertiary/aromatic N) is 3. The largest absolute Gasteiger partial charge is 0.472 e. The van der Waals surface area contributed by atoms with Gasteiger partial charge < -0.3 is 10.5 Å². The van der Waals surface area contributed by atoms with Crippen LogP contribution in [0.1, 0.15) is 49.5 Å². The van der Waals surface area contributed by atoms with Gasteiger partial charge >= 0.3 is 0 Å². The van der Waals surface area contributed by atoms with Gasteiger partial charge in [-0.15, -0.1) is 4.40 Å². The number of sulfonamides is 1. The molecule has 1 aromatic heterocycles. The normalized spacial score (nSPS) is 18.6. The molecule has 3 aromatic carbocycles. The van der Waals surface area contributed by atoms with Crippen LogP contribution in [0.25, 0.3) is 22.3 Å². The Labute approximate surface area is 227 Å². The van der Waals surface area contributed by atoms with Crippen molar-refractivity contribution < 1.29 is 17.5 Å². The third-order valence-corrected chi connectivity index (χ3v) is 8.79. The van der Waals surface area contributed by atoms with Crippen LogP contribution >= 0.6 is 0 Å². The van der Waals surface area contributed by atoms with E-state index in [-0.39, 0.29) is 30.0 Å². The predicted molar refractivity (Wildman–Crippen MR) is 151 cm³/mol. The van der Waals surface area contributed by atoms with Crippen molar-refractivity contribution in [1.29, 1.82) is 0 Å². The molecule has 4 aromatic rings. The van der Waals surface area contributed by atoms with Crippen molar-refractivity contribution in [3.8, 4) is 22.3 Å². The summed E-state index contributed by atoms with van der Waals surface area (Å²) in [6.07, 6.45) is 3.53. The third-order valence-electron chi connectivity index (χ3n) is 6.89. The number of aromatic nitrogens is 2. The molecule has 9 heteroatoms. The maximum absolute atomic E-state index is 14.2. The average molecular weight is 545 g/mol. The highest BCUT2D eigenvalue weighted by molar-refractivity contribution is 7.90. The van der Waals surface area contributed by atoms with Gasteiger partial charge in [-0.05, 0) is 53.6 Å². The monoisotopic (exact) mass is 544 g/mol. The SMILES string of the molecule is C[C@H](CC1=NS(=O)(=O)C(c2ccc(-c3ccc(-c4cnc(N)nc4)cc3)cc2)C(C)(C)O1)c1ccccc1F. The van der Waals surface area contributed by atoms with E-state index in [1.165, 1.54) is 6.07 Å². The van der Waals surface area contributed by atoms with Gasteiger partial charge in [0.1, 0.15) is 16.7 Å². The van der Waals surface area contributed by atoms with Crippen molar-refractivity contribution in [2.75, 3.05) is 5.73 Å². The van der Waals surface area contributed by atoms with E-state index in [9.17, 15) is 12.8 Å². The minimum absolute atomic E-state index is 0.0928. The molecule has 0 radical (unpaired) electrons. The van der Waals surface area contributed by atoms with E-state index < -0.39 is 20.9 Å². The molecule has 1 aliphatic heterocycles. The van der Waals surface area contributed by atoms with Gasteiger partial charge in [0.25, 0.3) is 10.0 Å². The van der Waals surface area contributed by atoms with Crippen molar-refractivity contribution in [2.24, 2.45) is 4.40 Å². The molecule has 2 heterocycles. The molecule has 2 N–H and O–H groups in total. The van der Waals surface area contributed by atoms with Crippen LogP contribution < -0.4 is 5.73 Å². The van der Waals surface area contributed by atoms with Crippen LogP contribution in [0.15, 0.2) is 89.6 Å². The first-order valence-electron chi connectivity index (χ1n) is 12.6. The van der Waals surface area contributed by atoms with Gasteiger partial charge in [0.2, 0.25) is 11.8 Å². The lowest BCUT2D eigenvalue weighted by molar-refractivity contribution is 0.0803. The molecule has 39 heavy (non-hydrogen) atoms. The number of halogens is 1. The fraction of sp³-hybridized carbons (Fsp3) is 0.233. The van der Waals surface area contributed by atoms with Gasteiger partial charge in [-0.25, -0.2) is 22.8 Å². The third kappa shape index (κ3) is 5.54. The standard InChI is InChI=1S/C30H29FN4O3S/c1-19(25-6-4-5-7-26(25)31)16-27-35-39(36,37)28(30(2,3)38-27)23-14-12-21(13-15-23)20-8-10-22(11-9-20)24-17-33-29(32)34-18-24/h4-15,17-19,28H,16H2,1-3H3,(H2,32,33,34)/t19-,28?/m1/s1. The van der Waals surface area contributed by atoms with Gasteiger partial charge in [0, 0.05) is 24.4 Å². The molecule has 0 saturated carbocycles. The summed E-state index contributed by atoms with van der Waals surface area (Å²) in [5.41, 5.74) is 9.31. The molecule has 0 fully saturated rings. The van der Waals surface area contributed by atoms with E-state index in [1.54, 1.807) is 56.6 Å². The number of benzene rings is 3. The summed E-state index contributed by atoms with van der Waals surface area (Å²) < 4.78 is 51.1. The zero-order valence-electron chi connectivity index (χ0n) is 21.9. The second-order valence-electron chi connectivity index (χ2n) is 10.2. The Morgan fingerprint density at radius 3 is 2.00 bits per heavy atom. The van der Waals surface area contributed by atoms with Crippen LogP contribution in [0.3, 0.4) is 0 Å². The van der Waals surface area contributed by atoms with Crippen LogP contribution in [-0.4, -0.2) is 29.9 Å². The molecule has 200 valence electrons. The lowest BCUT2D eigenvalue weighted by Crippen LogP contribution is -2.43. The highest BCUT2D eigenvalue weighted by Gasteiger charge is 2.47. The second kappa shape index (κ2) is 10.2. The molecule has 0 aliphatic carbocycles. The van der Waals surface area contributed by atoms with E-state index in [4.69, 9.17) is 10.5 Å². The Bertz CT molecular complexity index is 1620. The van der Waals surface area contributed by atoms with Crippen LogP contribution in [-0.2, 0) is 14.8 Å². The Balaban J connectivity index is 1.36. The van der Waals surface area contributed by atoms with E-state index in [1.807, 2.05) is 43.3 Å². The molecular formula is C30H29FN4O3S. The van der Waals surface area contributed by atoms with Crippen molar-refractivity contribution in [3.05, 3.63) is 102 Å². The van der Waals surface area contributed by atoms with Gasteiger partial charge in [-0.3, -0.25) is 0 Å². The smallest absolute Gasteiger partial charge is 0.267 e. The zero-order valence-corrected chi connectivity index (χ0v) is 22.7. The highest BCUT2D eigenvalue weighted by atomic mass is 32.2. The summed E-state index contributed by atoms with van der Waals surface area (Å²) in [6.45, 7) is 5.31. The zero-order chi connectivity index (χ0) is 27.8. The van der Waals surface area contributed by atoms with Crippen molar-refractivity contribution in [2.45, 2.75) is 44.0 Å². The van der Waals surface area contributed by atoms with Crippen LogP contribution in [0.4, 0.5) is 10.3 Å². The van der Waals surface area contributed by atoms with Gasteiger partial charge in [0.05, 0.1) is 0 Å². The lowest BCUT2D eigenvalue weighted by atomic mass is 9.94. The number of hydrogen-bond acceptors (Lipinski definition) is 6. The molecule has 1 unspecified atom stereocenters. The first-order chi connectivity index (χ1) is 18.5. The molecular weight excluding hydrogens is 515 g/mol. The molecule has 7 nitrogen and oxygen atoms in total. The summed E-state index contributed by atoms with van der Waals surface area (Å²) in [7, 11) is -3.94. The Morgan fingerprint density at radius 1 is 0.897 bits per heavy atom. The van der Waals surface area contributed by atoms with Crippen LogP contribution in [0, 0.1) is 5.82 Å². The molecule has 5 rings (SSSR count). The number of anilines is 1. The summed E-state index contributed by atoms with van der Waals surface area (Å²) in [6, 6.07) is 21.7. The summed E-state index contributed by atoms with van der Waals surface area (Å²) in [5.74, 6) is -0.320. The Hall–Kier alpha value is -4.11.